The summed E-state index contributed by atoms with van der Waals surface area (Å²) in [5.41, 5.74) is 1.67. The van der Waals surface area contributed by atoms with Gasteiger partial charge in [0, 0.05) is 20.0 Å². The van der Waals surface area contributed by atoms with Gasteiger partial charge in [-0.25, -0.2) is 4.98 Å². The van der Waals surface area contributed by atoms with Crippen LogP contribution in [0.25, 0.3) is 0 Å². The van der Waals surface area contributed by atoms with Crippen molar-refractivity contribution in [3.8, 4) is 5.75 Å². The second-order valence-corrected chi connectivity index (χ2v) is 5.28. The highest BCUT2D eigenvalue weighted by Crippen LogP contribution is 2.16. The molecule has 0 radical (unpaired) electrons. The number of likely N-dealkylation sites (N-methyl/N-ethyl adjacent to an activating group) is 1. The minimum atomic E-state index is -0.167. The van der Waals surface area contributed by atoms with Crippen molar-refractivity contribution in [2.75, 3.05) is 7.05 Å². The first-order valence-electron chi connectivity index (χ1n) is 6.87. The second kappa shape index (κ2) is 5.99. The first-order valence-corrected chi connectivity index (χ1v) is 6.87. The minimum Gasteiger partial charge on any atom is -0.508 e. The van der Waals surface area contributed by atoms with Gasteiger partial charge in [0.05, 0.1) is 5.69 Å². The fraction of sp³-hybridized carbons (Fsp3) is 0.375. The lowest BCUT2D eigenvalue weighted by Crippen LogP contribution is -2.36. The van der Waals surface area contributed by atoms with Crippen LogP contribution in [0.3, 0.4) is 0 Å². The average Bonchev–Trinajstić information content (AvgIpc) is 2.78. The Bertz CT molecular complexity index is 631. The van der Waals surface area contributed by atoms with Gasteiger partial charge in [0.25, 0.3) is 5.91 Å². The van der Waals surface area contributed by atoms with E-state index in [1.807, 2.05) is 19.1 Å². The van der Waals surface area contributed by atoms with Crippen molar-refractivity contribution in [3.05, 3.63) is 47.2 Å². The molecule has 0 aliphatic heterocycles. The number of aromatic hydroxyl groups is 1. The van der Waals surface area contributed by atoms with Gasteiger partial charge in [-0.15, -0.1) is 0 Å². The van der Waals surface area contributed by atoms with Crippen molar-refractivity contribution in [1.29, 1.82) is 0 Å². The molecule has 2 aromatic rings. The van der Waals surface area contributed by atoms with E-state index in [9.17, 15) is 9.90 Å². The van der Waals surface area contributed by atoms with Crippen molar-refractivity contribution in [2.45, 2.75) is 33.2 Å². The van der Waals surface area contributed by atoms with E-state index < -0.39 is 0 Å². The summed E-state index contributed by atoms with van der Waals surface area (Å²) in [7, 11) is 1.75. The standard InChI is InChI=1S/C16H20N2O3/c1-10(9-13-5-7-14(19)8-6-13)18(4)16(20)15-11(2)17-12(3)21-15/h5-8,10,19H,9H2,1-4H3/t10-/m1/s1. The monoisotopic (exact) mass is 288 g/mol. The molecule has 0 unspecified atom stereocenters. The van der Waals surface area contributed by atoms with Crippen molar-refractivity contribution in [1.82, 2.24) is 9.88 Å². The van der Waals surface area contributed by atoms with E-state index in [2.05, 4.69) is 4.98 Å². The van der Waals surface area contributed by atoms with Crippen molar-refractivity contribution in [3.63, 3.8) is 0 Å². The molecule has 0 saturated heterocycles. The number of rotatable bonds is 4. The maximum atomic E-state index is 12.4. The molecule has 112 valence electrons. The first-order chi connectivity index (χ1) is 9.88. The Labute approximate surface area is 124 Å². The van der Waals surface area contributed by atoms with E-state index in [1.165, 1.54) is 0 Å². The van der Waals surface area contributed by atoms with E-state index >= 15 is 0 Å². The normalized spacial score (nSPS) is 12.2. The Morgan fingerprint density at radius 2 is 1.95 bits per heavy atom. The topological polar surface area (TPSA) is 66.6 Å². The first kappa shape index (κ1) is 15.1. The highest BCUT2D eigenvalue weighted by molar-refractivity contribution is 5.92. The number of phenolic OH excluding ortho intramolecular Hbond substituents is 1. The Balaban J connectivity index is 2.08. The SMILES string of the molecule is Cc1nc(C)c(C(=O)N(C)[C@H](C)Cc2ccc(O)cc2)o1. The summed E-state index contributed by atoms with van der Waals surface area (Å²) in [5, 5.41) is 9.29. The lowest BCUT2D eigenvalue weighted by atomic mass is 10.1. The van der Waals surface area contributed by atoms with Crippen LogP contribution in [0, 0.1) is 13.8 Å². The van der Waals surface area contributed by atoms with Crippen LogP contribution in [-0.2, 0) is 6.42 Å². The van der Waals surface area contributed by atoms with Gasteiger partial charge in [-0.2, -0.15) is 0 Å². The zero-order chi connectivity index (χ0) is 15.6. The number of aromatic nitrogens is 1. The molecule has 1 atom stereocenters. The molecule has 1 heterocycles. The molecule has 21 heavy (non-hydrogen) atoms. The van der Waals surface area contributed by atoms with E-state index in [1.54, 1.807) is 37.9 Å². The second-order valence-electron chi connectivity index (χ2n) is 5.28. The third-order valence-electron chi connectivity index (χ3n) is 3.55. The largest absolute Gasteiger partial charge is 0.508 e. The Morgan fingerprint density at radius 1 is 1.33 bits per heavy atom. The van der Waals surface area contributed by atoms with Crippen LogP contribution in [0.2, 0.25) is 0 Å². The number of hydrogen-bond donors (Lipinski definition) is 1. The van der Waals surface area contributed by atoms with Crippen molar-refractivity contribution >= 4 is 5.91 Å². The van der Waals surface area contributed by atoms with E-state index in [0.717, 1.165) is 5.56 Å². The summed E-state index contributed by atoms with van der Waals surface area (Å²) in [6.45, 7) is 5.47. The van der Waals surface area contributed by atoms with Crippen LogP contribution in [0.15, 0.2) is 28.7 Å². The highest BCUT2D eigenvalue weighted by Gasteiger charge is 2.23. The number of hydrogen-bond acceptors (Lipinski definition) is 4. The summed E-state index contributed by atoms with van der Waals surface area (Å²) in [4.78, 5) is 18.2. The summed E-state index contributed by atoms with van der Waals surface area (Å²) >= 11 is 0. The Hall–Kier alpha value is -2.30. The molecular formula is C16H20N2O3. The Kier molecular flexibility index (Phi) is 4.31. The van der Waals surface area contributed by atoms with Crippen LogP contribution >= 0.6 is 0 Å². The molecule has 2 rings (SSSR count). The van der Waals surface area contributed by atoms with E-state index in [4.69, 9.17) is 4.42 Å². The Morgan fingerprint density at radius 3 is 2.48 bits per heavy atom. The maximum Gasteiger partial charge on any atom is 0.291 e. The highest BCUT2D eigenvalue weighted by atomic mass is 16.4. The minimum absolute atomic E-state index is 0.00634. The average molecular weight is 288 g/mol. The number of phenols is 1. The molecule has 0 spiro atoms. The number of nitrogens with zero attached hydrogens (tertiary/aromatic N) is 2. The number of carbonyl (C=O) groups excluding carboxylic acids is 1. The molecule has 1 N–H and O–H groups in total. The van der Waals surface area contributed by atoms with E-state index in [-0.39, 0.29) is 17.7 Å². The molecule has 0 fully saturated rings. The zero-order valence-corrected chi connectivity index (χ0v) is 12.8. The number of benzene rings is 1. The fourth-order valence-corrected chi connectivity index (χ4v) is 2.20. The molecule has 0 bridgehead atoms. The molecule has 5 nitrogen and oxygen atoms in total. The van der Waals surface area contributed by atoms with Gasteiger partial charge in [-0.1, -0.05) is 12.1 Å². The molecule has 5 heteroatoms. The predicted octanol–water partition coefficient (Wildman–Crippen LogP) is 2.70. The third-order valence-corrected chi connectivity index (χ3v) is 3.55. The summed E-state index contributed by atoms with van der Waals surface area (Å²) in [6, 6.07) is 7.01. The molecule has 1 aromatic carbocycles. The van der Waals surface area contributed by atoms with Crippen LogP contribution in [0.5, 0.6) is 5.75 Å². The number of carbonyl (C=O) groups is 1. The van der Waals surface area contributed by atoms with Gasteiger partial charge in [-0.3, -0.25) is 4.79 Å². The van der Waals surface area contributed by atoms with Crippen molar-refractivity contribution < 1.29 is 14.3 Å². The number of amides is 1. The quantitative estimate of drug-likeness (QED) is 0.939. The molecule has 0 saturated carbocycles. The molecule has 0 aliphatic carbocycles. The maximum absolute atomic E-state index is 12.4. The van der Waals surface area contributed by atoms with Gasteiger partial charge >= 0.3 is 0 Å². The van der Waals surface area contributed by atoms with Crippen LogP contribution in [-0.4, -0.2) is 34.0 Å². The smallest absolute Gasteiger partial charge is 0.291 e. The molecule has 1 amide bonds. The lowest BCUT2D eigenvalue weighted by molar-refractivity contribution is 0.0709. The number of aryl methyl sites for hydroxylation is 2. The van der Waals surface area contributed by atoms with Gasteiger partial charge in [0.2, 0.25) is 5.76 Å². The molecule has 1 aromatic heterocycles. The summed E-state index contributed by atoms with van der Waals surface area (Å²) in [6.07, 6.45) is 0.703. The zero-order valence-electron chi connectivity index (χ0n) is 12.8. The van der Waals surface area contributed by atoms with Crippen LogP contribution < -0.4 is 0 Å². The third kappa shape index (κ3) is 3.42. The van der Waals surface area contributed by atoms with Crippen molar-refractivity contribution in [2.24, 2.45) is 0 Å². The van der Waals surface area contributed by atoms with Gasteiger partial charge < -0.3 is 14.4 Å². The van der Waals surface area contributed by atoms with Gasteiger partial charge in [0.1, 0.15) is 5.75 Å². The summed E-state index contributed by atoms with van der Waals surface area (Å²) < 4.78 is 5.38. The number of oxazole rings is 1. The predicted molar refractivity (Wildman–Crippen MR) is 79.3 cm³/mol. The van der Waals surface area contributed by atoms with Crippen LogP contribution in [0.4, 0.5) is 0 Å². The van der Waals surface area contributed by atoms with E-state index in [0.29, 0.717) is 23.8 Å². The molecule has 0 aliphatic rings. The lowest BCUT2D eigenvalue weighted by Gasteiger charge is -2.24. The van der Waals surface area contributed by atoms with Gasteiger partial charge in [0.15, 0.2) is 5.89 Å². The molecular weight excluding hydrogens is 268 g/mol. The van der Waals surface area contributed by atoms with Gasteiger partial charge in [-0.05, 0) is 38.0 Å². The summed E-state index contributed by atoms with van der Waals surface area (Å²) in [5.74, 6) is 0.867. The fourth-order valence-electron chi connectivity index (χ4n) is 2.20. The van der Waals surface area contributed by atoms with Crippen LogP contribution in [0.1, 0.15) is 34.6 Å².